The third kappa shape index (κ3) is 13.3. The van der Waals surface area contributed by atoms with Gasteiger partial charge in [-0.1, -0.05) is 24.3 Å². The van der Waals surface area contributed by atoms with E-state index >= 15 is 0 Å². The summed E-state index contributed by atoms with van der Waals surface area (Å²) in [5.41, 5.74) is 1.44. The topological polar surface area (TPSA) is 121 Å². The quantitative estimate of drug-likeness (QED) is 0.162. The van der Waals surface area contributed by atoms with Crippen molar-refractivity contribution in [3.63, 3.8) is 0 Å². The first-order valence-corrected chi connectivity index (χ1v) is 16.1. The number of phenols is 2. The normalized spacial score (nSPS) is 11.8. The van der Waals surface area contributed by atoms with Crippen LogP contribution in [0.2, 0.25) is 12.1 Å². The Morgan fingerprint density at radius 2 is 0.897 bits per heavy atom. The van der Waals surface area contributed by atoms with Crippen LogP contribution in [0.15, 0.2) is 58.5 Å². The van der Waals surface area contributed by atoms with Crippen molar-refractivity contribution in [1.29, 1.82) is 0 Å². The SMILES string of the molecule is CO[Si](CCCN=Cc1ccccc1O)(OC)OC.CO[Si](CCCN=Cc1ccccc1O)(OC)OC.[Co]. The Kier molecular flexibility index (Phi) is 19.9. The minimum Gasteiger partial charge on any atom is -0.507 e. The third-order valence-corrected chi connectivity index (χ3v) is 11.4. The van der Waals surface area contributed by atoms with Crippen LogP contribution in [0.4, 0.5) is 0 Å². The van der Waals surface area contributed by atoms with Gasteiger partial charge in [-0.2, -0.15) is 0 Å². The van der Waals surface area contributed by atoms with Gasteiger partial charge in [-0.15, -0.1) is 0 Å². The van der Waals surface area contributed by atoms with Crippen LogP contribution in [0.1, 0.15) is 24.0 Å². The zero-order valence-electron chi connectivity index (χ0n) is 23.6. The van der Waals surface area contributed by atoms with Crippen molar-refractivity contribution >= 4 is 30.0 Å². The van der Waals surface area contributed by atoms with E-state index in [1.807, 2.05) is 24.3 Å². The zero-order valence-corrected chi connectivity index (χ0v) is 26.6. The van der Waals surface area contributed by atoms with Gasteiger partial charge in [0.15, 0.2) is 0 Å². The zero-order chi connectivity index (χ0) is 28.3. The molecule has 0 saturated carbocycles. The van der Waals surface area contributed by atoms with Gasteiger partial charge in [0, 0.05) is 108 Å². The van der Waals surface area contributed by atoms with Crippen molar-refractivity contribution in [2.45, 2.75) is 24.9 Å². The van der Waals surface area contributed by atoms with Gasteiger partial charge >= 0.3 is 17.6 Å². The van der Waals surface area contributed by atoms with Gasteiger partial charge < -0.3 is 36.8 Å². The number of benzene rings is 2. The average molecular weight is 626 g/mol. The number of hydrogen-bond acceptors (Lipinski definition) is 10. The number of rotatable bonds is 16. The van der Waals surface area contributed by atoms with Crippen LogP contribution in [-0.4, -0.2) is 96.0 Å². The van der Waals surface area contributed by atoms with Crippen LogP contribution in [0.25, 0.3) is 0 Å². The second-order valence-corrected chi connectivity index (χ2v) is 14.2. The fourth-order valence-electron chi connectivity index (χ4n) is 3.41. The predicted octanol–water partition coefficient (Wildman–Crippen LogP) is 4.16. The van der Waals surface area contributed by atoms with Crippen molar-refractivity contribution < 1.29 is 53.5 Å². The number of aromatic hydroxyl groups is 2. The predicted molar refractivity (Wildman–Crippen MR) is 154 cm³/mol. The molecule has 39 heavy (non-hydrogen) atoms. The Morgan fingerprint density at radius 1 is 0.590 bits per heavy atom. The summed E-state index contributed by atoms with van der Waals surface area (Å²) < 4.78 is 31.9. The Labute approximate surface area is 244 Å². The van der Waals surface area contributed by atoms with Crippen LogP contribution in [0.3, 0.4) is 0 Å². The summed E-state index contributed by atoms with van der Waals surface area (Å²) in [6.07, 6.45) is 4.97. The molecule has 221 valence electrons. The molecule has 2 rings (SSSR count). The van der Waals surface area contributed by atoms with Crippen molar-refractivity contribution in [2.75, 3.05) is 55.7 Å². The van der Waals surface area contributed by atoms with E-state index in [2.05, 4.69) is 9.98 Å². The standard InChI is InChI=1S/2C13H21NO4Si.Co/c2*1-16-19(17-2,18-3)10-6-9-14-11-12-7-4-5-8-13(12)15;/h2*4-5,7-8,11,15H,6,9-10H2,1-3H3;. The summed E-state index contributed by atoms with van der Waals surface area (Å²) in [5.74, 6) is 0.473. The minimum absolute atomic E-state index is 0. The maximum absolute atomic E-state index is 9.57. The number of phenolic OH excluding ortho intramolecular Hbond substituents is 2. The summed E-state index contributed by atoms with van der Waals surface area (Å²) in [7, 11) is 4.65. The Hall–Kier alpha value is -1.92. The summed E-state index contributed by atoms with van der Waals surface area (Å²) in [5, 5.41) is 19.1. The largest absolute Gasteiger partial charge is 0.507 e. The molecule has 0 atom stereocenters. The molecule has 0 saturated heterocycles. The molecule has 0 spiro atoms. The van der Waals surface area contributed by atoms with Gasteiger partial charge in [-0.05, 0) is 37.1 Å². The average Bonchev–Trinajstić information content (AvgIpc) is 2.95. The fourth-order valence-corrected chi connectivity index (χ4v) is 6.81. The van der Waals surface area contributed by atoms with E-state index in [-0.39, 0.29) is 28.3 Å². The Bertz CT molecular complexity index is 882. The van der Waals surface area contributed by atoms with E-state index in [0.29, 0.717) is 25.2 Å². The molecular weight excluding hydrogens is 583 g/mol. The van der Waals surface area contributed by atoms with Crippen molar-refractivity contribution in [3.05, 3.63) is 59.7 Å². The molecule has 0 aliphatic rings. The Balaban J connectivity index is 0.000000722. The van der Waals surface area contributed by atoms with Gasteiger partial charge in [-0.3, -0.25) is 9.98 Å². The van der Waals surface area contributed by atoms with Crippen molar-refractivity contribution in [2.24, 2.45) is 9.98 Å². The molecule has 2 aromatic rings. The van der Waals surface area contributed by atoms with Gasteiger partial charge in [0.1, 0.15) is 11.5 Å². The van der Waals surface area contributed by atoms with Crippen molar-refractivity contribution in [1.82, 2.24) is 0 Å². The molecule has 0 aliphatic heterocycles. The molecule has 0 bridgehead atoms. The summed E-state index contributed by atoms with van der Waals surface area (Å²) in [6.45, 7) is 1.28. The van der Waals surface area contributed by atoms with Gasteiger partial charge in [0.25, 0.3) is 0 Å². The van der Waals surface area contributed by atoms with E-state index in [0.717, 1.165) is 24.0 Å². The molecule has 2 aromatic carbocycles. The Morgan fingerprint density at radius 3 is 1.18 bits per heavy atom. The summed E-state index contributed by atoms with van der Waals surface area (Å²) in [4.78, 5) is 8.56. The molecule has 2 N–H and O–H groups in total. The molecule has 0 aliphatic carbocycles. The number of nitrogens with zero attached hydrogens (tertiary/aromatic N) is 2. The molecule has 0 aromatic heterocycles. The third-order valence-electron chi connectivity index (χ3n) is 5.74. The van der Waals surface area contributed by atoms with Crippen LogP contribution in [0, 0.1) is 0 Å². The summed E-state index contributed by atoms with van der Waals surface area (Å²) >= 11 is 0. The number of hydrogen-bond donors (Lipinski definition) is 2. The van der Waals surface area contributed by atoms with E-state index < -0.39 is 17.6 Å². The minimum atomic E-state index is -2.48. The summed E-state index contributed by atoms with van der Waals surface area (Å²) in [6, 6.07) is 15.6. The monoisotopic (exact) mass is 625 g/mol. The van der Waals surface area contributed by atoms with Gasteiger partial charge in [0.2, 0.25) is 0 Å². The molecule has 10 nitrogen and oxygen atoms in total. The maximum atomic E-state index is 9.57. The van der Waals surface area contributed by atoms with Gasteiger partial charge in [-0.25, -0.2) is 0 Å². The smallest absolute Gasteiger partial charge is 0.500 e. The van der Waals surface area contributed by atoms with E-state index in [4.69, 9.17) is 26.6 Å². The molecule has 0 unspecified atom stereocenters. The fraction of sp³-hybridized carbons (Fsp3) is 0.462. The molecule has 13 heteroatoms. The second kappa shape index (κ2) is 20.9. The van der Waals surface area contributed by atoms with Crippen molar-refractivity contribution in [3.8, 4) is 11.5 Å². The first kappa shape index (κ1) is 37.1. The van der Waals surface area contributed by atoms with E-state index in [1.165, 1.54) is 0 Å². The molecule has 0 fully saturated rings. The molecular formula is C26H42CoN2O8Si2. The molecule has 0 amide bonds. The van der Waals surface area contributed by atoms with E-state index in [9.17, 15) is 10.2 Å². The number of aliphatic imine (C=N–C) groups is 2. The van der Waals surface area contributed by atoms with Crippen LogP contribution in [0.5, 0.6) is 11.5 Å². The molecule has 0 heterocycles. The maximum Gasteiger partial charge on any atom is 0.500 e. The molecule has 1 radical (unpaired) electrons. The van der Waals surface area contributed by atoms with Crippen LogP contribution in [-0.2, 0) is 43.3 Å². The first-order chi connectivity index (χ1) is 18.3. The van der Waals surface area contributed by atoms with Crippen LogP contribution >= 0.6 is 0 Å². The first-order valence-electron chi connectivity index (χ1n) is 12.2. The van der Waals surface area contributed by atoms with Gasteiger partial charge in [0.05, 0.1) is 0 Å². The second-order valence-electron chi connectivity index (χ2n) is 7.99. The van der Waals surface area contributed by atoms with Crippen LogP contribution < -0.4 is 0 Å². The number of para-hydroxylation sites is 2. The van der Waals surface area contributed by atoms with E-state index in [1.54, 1.807) is 79.4 Å².